The largest absolute Gasteiger partial charge is 0.409 e. The molecule has 2 aromatic rings. The second kappa shape index (κ2) is 7.15. The Morgan fingerprint density at radius 2 is 1.95 bits per heavy atom. The zero-order valence-electron chi connectivity index (χ0n) is 10.7. The van der Waals surface area contributed by atoms with Crippen molar-refractivity contribution in [3.63, 3.8) is 0 Å². The van der Waals surface area contributed by atoms with Gasteiger partial charge >= 0.3 is 0 Å². The molecule has 0 aromatic heterocycles. The van der Waals surface area contributed by atoms with Gasteiger partial charge in [-0.1, -0.05) is 28.9 Å². The van der Waals surface area contributed by atoms with Gasteiger partial charge in [0.15, 0.2) is 11.7 Å². The number of rotatable bonds is 4. The number of amidine groups is 1. The molecule has 0 aliphatic heterocycles. The van der Waals surface area contributed by atoms with E-state index in [9.17, 15) is 4.39 Å². The van der Waals surface area contributed by atoms with Gasteiger partial charge in [0.05, 0.1) is 4.47 Å². The summed E-state index contributed by atoms with van der Waals surface area (Å²) in [6.07, 6.45) is 0. The molecule has 0 aliphatic carbocycles. The summed E-state index contributed by atoms with van der Waals surface area (Å²) < 4.78 is 14.4. The number of nitrogens with two attached hydrogens (primary N) is 1. The maximum atomic E-state index is 14.2. The van der Waals surface area contributed by atoms with Gasteiger partial charge in [0.25, 0.3) is 0 Å². The predicted octanol–water partition coefficient (Wildman–Crippen LogP) is 4.63. The van der Waals surface area contributed by atoms with Crippen molar-refractivity contribution >= 4 is 45.1 Å². The highest BCUT2D eigenvalue weighted by Gasteiger charge is 2.14. The fraction of sp³-hybridized carbons (Fsp3) is 0.0714. The van der Waals surface area contributed by atoms with Crippen LogP contribution in [0, 0.1) is 5.82 Å². The summed E-state index contributed by atoms with van der Waals surface area (Å²) in [5.41, 5.74) is 6.83. The Morgan fingerprint density at radius 3 is 2.57 bits per heavy atom. The number of hydrogen-bond acceptors (Lipinski definition) is 3. The van der Waals surface area contributed by atoms with Crippen molar-refractivity contribution in [3.8, 4) is 0 Å². The van der Waals surface area contributed by atoms with Crippen molar-refractivity contribution in [1.29, 1.82) is 0 Å². The van der Waals surface area contributed by atoms with Gasteiger partial charge < -0.3 is 10.9 Å². The van der Waals surface area contributed by atoms with E-state index in [0.717, 1.165) is 5.56 Å². The number of oxime groups is 1. The normalized spacial score (nSPS) is 11.7. The highest BCUT2D eigenvalue weighted by molar-refractivity contribution is 9.10. The van der Waals surface area contributed by atoms with Gasteiger partial charge in [-0.25, -0.2) is 4.39 Å². The molecule has 0 radical (unpaired) electrons. The van der Waals surface area contributed by atoms with Crippen LogP contribution in [0.1, 0.15) is 11.1 Å². The van der Waals surface area contributed by atoms with E-state index in [0.29, 0.717) is 21.2 Å². The molecule has 0 aliphatic rings. The summed E-state index contributed by atoms with van der Waals surface area (Å²) in [4.78, 5) is 0.478. The predicted molar refractivity (Wildman–Crippen MR) is 87.6 cm³/mol. The van der Waals surface area contributed by atoms with Crippen LogP contribution < -0.4 is 5.73 Å². The van der Waals surface area contributed by atoms with Gasteiger partial charge in [-0.2, -0.15) is 0 Å². The van der Waals surface area contributed by atoms with E-state index >= 15 is 0 Å². The molecule has 3 nitrogen and oxygen atoms in total. The van der Waals surface area contributed by atoms with E-state index in [1.165, 1.54) is 11.8 Å². The maximum absolute atomic E-state index is 14.2. The van der Waals surface area contributed by atoms with Gasteiger partial charge in [-0.05, 0) is 45.8 Å². The SMILES string of the molecule is N/C(=N/O)c1ccc(SCc2ccc(Cl)cc2)c(F)c1Br. The molecule has 0 unspecified atom stereocenters. The van der Waals surface area contributed by atoms with Crippen LogP contribution in [0.25, 0.3) is 0 Å². The van der Waals surface area contributed by atoms with Crippen LogP contribution in [0.2, 0.25) is 5.02 Å². The summed E-state index contributed by atoms with van der Waals surface area (Å²) in [7, 11) is 0. The molecule has 3 N–H and O–H groups in total. The zero-order valence-corrected chi connectivity index (χ0v) is 13.8. The van der Waals surface area contributed by atoms with Crippen LogP contribution in [-0.4, -0.2) is 11.0 Å². The lowest BCUT2D eigenvalue weighted by molar-refractivity contribution is 0.318. The van der Waals surface area contributed by atoms with Crippen LogP contribution in [-0.2, 0) is 5.75 Å². The molecule has 0 heterocycles. The number of halogens is 3. The molecule has 0 fully saturated rings. The molecule has 7 heteroatoms. The van der Waals surface area contributed by atoms with E-state index in [1.807, 2.05) is 12.1 Å². The minimum atomic E-state index is -0.432. The first-order valence-corrected chi connectivity index (χ1v) is 8.01. The van der Waals surface area contributed by atoms with Gasteiger partial charge in [0.2, 0.25) is 0 Å². The summed E-state index contributed by atoms with van der Waals surface area (Å²) in [5, 5.41) is 12.2. The first-order valence-electron chi connectivity index (χ1n) is 5.86. The van der Waals surface area contributed by atoms with Crippen molar-refractivity contribution in [2.24, 2.45) is 10.9 Å². The Morgan fingerprint density at radius 1 is 1.29 bits per heavy atom. The Labute approximate surface area is 139 Å². The van der Waals surface area contributed by atoms with Gasteiger partial charge in [-0.15, -0.1) is 11.8 Å². The Balaban J connectivity index is 2.18. The highest BCUT2D eigenvalue weighted by Crippen LogP contribution is 2.32. The molecule has 2 rings (SSSR count). The second-order valence-corrected chi connectivity index (χ2v) is 6.39. The highest BCUT2D eigenvalue weighted by atomic mass is 79.9. The Hall–Kier alpha value is -1.24. The van der Waals surface area contributed by atoms with Crippen molar-refractivity contribution in [3.05, 3.63) is 62.8 Å². The van der Waals surface area contributed by atoms with Crippen LogP contribution in [0.5, 0.6) is 0 Å². The topological polar surface area (TPSA) is 58.6 Å². The van der Waals surface area contributed by atoms with Crippen molar-refractivity contribution in [2.75, 3.05) is 0 Å². The number of benzene rings is 2. The first-order chi connectivity index (χ1) is 10.0. The monoisotopic (exact) mass is 388 g/mol. The molecular weight excluding hydrogens is 379 g/mol. The minimum Gasteiger partial charge on any atom is -0.409 e. The standard InChI is InChI=1S/C14H11BrClFN2OS/c15-12-10(14(18)19-20)5-6-11(13(12)17)21-7-8-1-3-9(16)4-2-8/h1-6,20H,7H2,(H2,18,19). The minimum absolute atomic E-state index is 0.143. The third-order valence-electron chi connectivity index (χ3n) is 2.74. The lowest BCUT2D eigenvalue weighted by Gasteiger charge is -2.08. The third kappa shape index (κ3) is 3.90. The Bertz CT molecular complexity index is 679. The average molecular weight is 390 g/mol. The van der Waals surface area contributed by atoms with Crippen LogP contribution in [0.3, 0.4) is 0 Å². The molecule has 0 amide bonds. The van der Waals surface area contributed by atoms with E-state index in [1.54, 1.807) is 24.3 Å². The van der Waals surface area contributed by atoms with Crippen molar-refractivity contribution < 1.29 is 9.60 Å². The zero-order chi connectivity index (χ0) is 15.4. The third-order valence-corrected chi connectivity index (χ3v) is 4.87. The van der Waals surface area contributed by atoms with Crippen LogP contribution in [0.4, 0.5) is 4.39 Å². The molecule has 0 bridgehead atoms. The molecule has 0 saturated carbocycles. The fourth-order valence-corrected chi connectivity index (χ4v) is 3.35. The molecular formula is C14H11BrClFN2OS. The molecule has 0 atom stereocenters. The summed E-state index contributed by atoms with van der Waals surface area (Å²) in [6, 6.07) is 10.6. The quantitative estimate of drug-likeness (QED) is 0.263. The molecule has 0 spiro atoms. The van der Waals surface area contributed by atoms with Crippen LogP contribution in [0.15, 0.2) is 50.9 Å². The smallest absolute Gasteiger partial charge is 0.171 e. The summed E-state index contributed by atoms with van der Waals surface area (Å²) in [6.45, 7) is 0. The van der Waals surface area contributed by atoms with Gasteiger partial charge in [0.1, 0.15) is 0 Å². The lowest BCUT2D eigenvalue weighted by atomic mass is 10.2. The average Bonchev–Trinajstić information content (AvgIpc) is 2.49. The summed E-state index contributed by atoms with van der Waals surface area (Å²) in [5.74, 6) is 0.0387. The van der Waals surface area contributed by atoms with Crippen LogP contribution >= 0.6 is 39.3 Å². The van der Waals surface area contributed by atoms with Crippen molar-refractivity contribution in [1.82, 2.24) is 0 Å². The molecule has 2 aromatic carbocycles. The van der Waals surface area contributed by atoms with E-state index in [-0.39, 0.29) is 10.3 Å². The second-order valence-electron chi connectivity index (χ2n) is 4.14. The molecule has 21 heavy (non-hydrogen) atoms. The lowest BCUT2D eigenvalue weighted by Crippen LogP contribution is -2.14. The molecule has 110 valence electrons. The molecule has 0 saturated heterocycles. The van der Waals surface area contributed by atoms with Crippen molar-refractivity contribution in [2.45, 2.75) is 10.6 Å². The maximum Gasteiger partial charge on any atom is 0.171 e. The Kier molecular flexibility index (Phi) is 5.50. The van der Waals surface area contributed by atoms with E-state index in [4.69, 9.17) is 22.5 Å². The number of nitrogens with zero attached hydrogens (tertiary/aromatic N) is 1. The van der Waals surface area contributed by atoms with E-state index < -0.39 is 5.82 Å². The van der Waals surface area contributed by atoms with Gasteiger partial charge in [0, 0.05) is 21.2 Å². The number of thioether (sulfide) groups is 1. The van der Waals surface area contributed by atoms with E-state index in [2.05, 4.69) is 21.1 Å². The van der Waals surface area contributed by atoms with Gasteiger partial charge in [-0.3, -0.25) is 0 Å². The fourth-order valence-electron chi connectivity index (χ4n) is 1.64. The summed E-state index contributed by atoms with van der Waals surface area (Å²) >= 11 is 10.3. The first kappa shape index (κ1) is 16.1. The number of hydrogen-bond donors (Lipinski definition) is 2.